The summed E-state index contributed by atoms with van der Waals surface area (Å²) in [4.78, 5) is 14.9. The Hall–Kier alpha value is -2.38. The molecule has 158 valence electrons. The van der Waals surface area contributed by atoms with Crippen molar-refractivity contribution in [2.24, 2.45) is 0 Å². The lowest BCUT2D eigenvalue weighted by molar-refractivity contribution is 0.0986. The summed E-state index contributed by atoms with van der Waals surface area (Å²) in [6, 6.07) is 13.9. The summed E-state index contributed by atoms with van der Waals surface area (Å²) in [7, 11) is -2.46. The number of rotatable bonds is 8. The third-order valence-electron chi connectivity index (χ3n) is 4.19. The first-order chi connectivity index (χ1) is 13.6. The number of methoxy groups -OCH3 is 1. The third kappa shape index (κ3) is 6.05. The van der Waals surface area contributed by atoms with Gasteiger partial charge in [0.2, 0.25) is 10.0 Å². The van der Waals surface area contributed by atoms with Crippen LogP contribution in [0.25, 0.3) is 0 Å². The predicted octanol–water partition coefficient (Wildman–Crippen LogP) is 4.22. The fourth-order valence-electron chi connectivity index (χ4n) is 2.91. The second kappa shape index (κ2) is 9.41. The van der Waals surface area contributed by atoms with E-state index in [-0.39, 0.29) is 16.6 Å². The van der Waals surface area contributed by atoms with Crippen LogP contribution in [0.5, 0.6) is 5.75 Å². The van der Waals surface area contributed by atoms with Gasteiger partial charge in [0.15, 0.2) is 0 Å². The fraction of sp³-hybridized carbons (Fsp3) is 0.409. The maximum Gasteiger partial charge on any atom is 0.258 e. The zero-order valence-electron chi connectivity index (χ0n) is 17.7. The van der Waals surface area contributed by atoms with Crippen LogP contribution < -0.4 is 14.4 Å². The van der Waals surface area contributed by atoms with Gasteiger partial charge in [-0.15, -0.1) is 0 Å². The average molecular weight is 419 g/mol. The van der Waals surface area contributed by atoms with Gasteiger partial charge in [-0.05, 0) is 57.5 Å². The van der Waals surface area contributed by atoms with Gasteiger partial charge in [-0.1, -0.05) is 31.5 Å². The molecule has 29 heavy (non-hydrogen) atoms. The lowest BCUT2D eigenvalue weighted by Crippen LogP contribution is -2.40. The van der Waals surface area contributed by atoms with Crippen LogP contribution in [-0.2, 0) is 10.0 Å². The number of hydrogen-bond donors (Lipinski definition) is 1. The van der Waals surface area contributed by atoms with E-state index >= 15 is 0 Å². The van der Waals surface area contributed by atoms with Gasteiger partial charge in [-0.3, -0.25) is 4.79 Å². The van der Waals surface area contributed by atoms with E-state index in [1.807, 2.05) is 30.3 Å². The molecule has 0 aromatic heterocycles. The van der Waals surface area contributed by atoms with E-state index < -0.39 is 15.6 Å². The monoisotopic (exact) mass is 418 g/mol. The summed E-state index contributed by atoms with van der Waals surface area (Å²) in [6.45, 7) is 7.88. The van der Waals surface area contributed by atoms with Gasteiger partial charge in [0.25, 0.3) is 5.91 Å². The molecule has 2 rings (SSSR count). The summed E-state index contributed by atoms with van der Waals surface area (Å²) in [5.74, 6) is -0.0577. The van der Waals surface area contributed by atoms with Crippen LogP contribution in [0, 0.1) is 0 Å². The molecule has 2 aromatic carbocycles. The van der Waals surface area contributed by atoms with Crippen LogP contribution in [0.15, 0.2) is 53.4 Å². The molecule has 2 aromatic rings. The highest BCUT2D eigenvalue weighted by Gasteiger charge is 2.27. The largest absolute Gasteiger partial charge is 0.495 e. The van der Waals surface area contributed by atoms with Gasteiger partial charge in [-0.25, -0.2) is 13.1 Å². The summed E-state index contributed by atoms with van der Waals surface area (Å²) in [5.41, 5.74) is 0.403. The number of amides is 1. The molecule has 0 radical (unpaired) electrons. The molecule has 0 heterocycles. The maximum absolute atomic E-state index is 13.3. The minimum absolute atomic E-state index is 0.0516. The topological polar surface area (TPSA) is 75.7 Å². The Balaban J connectivity index is 2.49. The number of nitrogens with one attached hydrogen (secondary N) is 1. The highest BCUT2D eigenvalue weighted by Crippen LogP contribution is 2.27. The van der Waals surface area contributed by atoms with E-state index in [4.69, 9.17) is 4.74 Å². The van der Waals surface area contributed by atoms with Crippen molar-refractivity contribution < 1.29 is 17.9 Å². The zero-order valence-corrected chi connectivity index (χ0v) is 18.5. The van der Waals surface area contributed by atoms with E-state index in [1.165, 1.54) is 19.2 Å². The van der Waals surface area contributed by atoms with Gasteiger partial charge >= 0.3 is 0 Å². The molecule has 0 saturated carbocycles. The molecule has 0 unspecified atom stereocenters. The van der Waals surface area contributed by atoms with E-state index in [2.05, 4.69) is 11.6 Å². The Morgan fingerprint density at radius 3 is 2.31 bits per heavy atom. The van der Waals surface area contributed by atoms with Gasteiger partial charge in [0.05, 0.1) is 7.11 Å². The van der Waals surface area contributed by atoms with Gasteiger partial charge in [0.1, 0.15) is 10.6 Å². The molecule has 0 aliphatic carbocycles. The summed E-state index contributed by atoms with van der Waals surface area (Å²) in [5, 5.41) is 0. The zero-order chi connectivity index (χ0) is 21.7. The van der Waals surface area contributed by atoms with Crippen molar-refractivity contribution in [3.8, 4) is 5.75 Å². The second-order valence-electron chi connectivity index (χ2n) is 7.87. The summed E-state index contributed by atoms with van der Waals surface area (Å²) < 4.78 is 33.7. The Morgan fingerprint density at radius 1 is 1.10 bits per heavy atom. The molecule has 6 nitrogen and oxygen atoms in total. The Morgan fingerprint density at radius 2 is 1.76 bits per heavy atom. The molecular weight excluding hydrogens is 388 g/mol. The van der Waals surface area contributed by atoms with Crippen LogP contribution in [0.1, 0.15) is 50.9 Å². The molecule has 0 saturated heterocycles. The van der Waals surface area contributed by atoms with E-state index in [1.54, 1.807) is 31.7 Å². The fourth-order valence-corrected chi connectivity index (χ4v) is 4.52. The summed E-state index contributed by atoms with van der Waals surface area (Å²) >= 11 is 0. The van der Waals surface area contributed by atoms with Crippen molar-refractivity contribution in [2.45, 2.75) is 51.0 Å². The first-order valence-electron chi connectivity index (χ1n) is 9.68. The highest BCUT2D eigenvalue weighted by atomic mass is 32.2. The quantitative estimate of drug-likeness (QED) is 0.696. The summed E-state index contributed by atoms with van der Waals surface area (Å²) in [6.07, 6.45) is 1.78. The lowest BCUT2D eigenvalue weighted by atomic mass is 10.1. The highest BCUT2D eigenvalue weighted by molar-refractivity contribution is 7.89. The third-order valence-corrected chi connectivity index (χ3v) is 5.97. The second-order valence-corrected chi connectivity index (χ2v) is 9.52. The number of nitrogens with zero attached hydrogens (tertiary/aromatic N) is 1. The molecule has 0 atom stereocenters. The first kappa shape index (κ1) is 22.9. The number of carbonyl (C=O) groups is 1. The average Bonchev–Trinajstić information content (AvgIpc) is 2.66. The maximum atomic E-state index is 13.3. The van der Waals surface area contributed by atoms with Crippen molar-refractivity contribution in [2.75, 3.05) is 18.6 Å². The number of carbonyl (C=O) groups excluding carboxylic acids is 1. The number of sulfonamides is 1. The van der Waals surface area contributed by atoms with Crippen molar-refractivity contribution in [1.29, 1.82) is 0 Å². The molecule has 0 aliphatic heterocycles. The Kier molecular flexibility index (Phi) is 7.43. The van der Waals surface area contributed by atoms with E-state index in [9.17, 15) is 13.2 Å². The first-order valence-corrected chi connectivity index (χ1v) is 11.2. The number of anilines is 1. The van der Waals surface area contributed by atoms with Gasteiger partial charge in [0, 0.05) is 23.3 Å². The number of ether oxygens (including phenoxy) is 1. The number of para-hydroxylation sites is 1. The minimum Gasteiger partial charge on any atom is -0.495 e. The van der Waals surface area contributed by atoms with Crippen molar-refractivity contribution >= 4 is 21.6 Å². The van der Waals surface area contributed by atoms with Crippen LogP contribution in [0.4, 0.5) is 5.69 Å². The van der Waals surface area contributed by atoms with Crippen LogP contribution in [-0.4, -0.2) is 33.5 Å². The predicted molar refractivity (Wildman–Crippen MR) is 116 cm³/mol. The SMILES string of the molecule is CCCCN(C(=O)c1ccc(OC)c(S(=O)(=O)NC(C)(C)C)c1)c1ccccc1. The Bertz CT molecular complexity index is 935. The van der Waals surface area contributed by atoms with Crippen LogP contribution in [0.2, 0.25) is 0 Å². The molecule has 0 aliphatic rings. The van der Waals surface area contributed by atoms with Gasteiger partial charge in [-0.2, -0.15) is 0 Å². The molecule has 1 N–H and O–H groups in total. The minimum atomic E-state index is -3.87. The number of benzene rings is 2. The van der Waals surface area contributed by atoms with Crippen LogP contribution >= 0.6 is 0 Å². The molecule has 0 spiro atoms. The Labute approximate surface area is 173 Å². The standard InChI is InChI=1S/C22H30N2O4S/c1-6-7-15-24(18-11-9-8-10-12-18)21(25)17-13-14-19(28-5)20(16-17)29(26,27)23-22(2,3)4/h8-14,16,23H,6-7,15H2,1-5H3. The molecule has 0 bridgehead atoms. The van der Waals surface area contributed by atoms with Gasteiger partial charge < -0.3 is 9.64 Å². The van der Waals surface area contributed by atoms with E-state index in [0.717, 1.165) is 18.5 Å². The van der Waals surface area contributed by atoms with Crippen molar-refractivity contribution in [3.63, 3.8) is 0 Å². The molecule has 0 fully saturated rings. The normalized spacial score (nSPS) is 11.9. The van der Waals surface area contributed by atoms with E-state index in [0.29, 0.717) is 12.1 Å². The molecular formula is C22H30N2O4S. The van der Waals surface area contributed by atoms with Crippen LogP contribution in [0.3, 0.4) is 0 Å². The number of unbranched alkanes of at least 4 members (excludes halogenated alkanes) is 1. The number of hydrogen-bond acceptors (Lipinski definition) is 4. The van der Waals surface area contributed by atoms with Crippen molar-refractivity contribution in [3.05, 3.63) is 54.1 Å². The van der Waals surface area contributed by atoms with Crippen molar-refractivity contribution in [1.82, 2.24) is 4.72 Å². The lowest BCUT2D eigenvalue weighted by Gasteiger charge is -2.24. The molecule has 7 heteroatoms. The molecule has 1 amide bonds. The smallest absolute Gasteiger partial charge is 0.258 e.